The highest BCUT2D eigenvalue weighted by Gasteiger charge is 2.09. The van der Waals surface area contributed by atoms with Crippen LogP contribution in [0.1, 0.15) is 25.0 Å². The van der Waals surface area contributed by atoms with Crippen molar-refractivity contribution in [2.24, 2.45) is 5.73 Å². The Kier molecular flexibility index (Phi) is 4.05. The second kappa shape index (κ2) is 6.49. The van der Waals surface area contributed by atoms with Crippen molar-refractivity contribution in [2.75, 3.05) is 6.54 Å². The standard InChI is InChI=1S/C20H21N3O/c21-11-3-1-2-5-15-8-9-16-17-13-14(19-6-4-12-24-19)7-10-18(17)23-20(16)22-15/h4,6-10,12-13H,1-3,5,11,21H2,(H,22,23). The van der Waals surface area contributed by atoms with Crippen molar-refractivity contribution in [3.05, 3.63) is 54.4 Å². The highest BCUT2D eigenvalue weighted by molar-refractivity contribution is 6.07. The van der Waals surface area contributed by atoms with Crippen molar-refractivity contribution in [2.45, 2.75) is 25.7 Å². The van der Waals surface area contributed by atoms with Crippen LogP contribution in [0.4, 0.5) is 0 Å². The lowest BCUT2D eigenvalue weighted by Gasteiger charge is -2.01. The fraction of sp³-hybridized carbons (Fsp3) is 0.250. The summed E-state index contributed by atoms with van der Waals surface area (Å²) in [7, 11) is 0. The zero-order valence-electron chi connectivity index (χ0n) is 13.6. The molecule has 122 valence electrons. The summed E-state index contributed by atoms with van der Waals surface area (Å²) in [5.41, 5.74) is 9.83. The van der Waals surface area contributed by atoms with Gasteiger partial charge in [-0.25, -0.2) is 4.98 Å². The van der Waals surface area contributed by atoms with Crippen LogP contribution in [0.5, 0.6) is 0 Å². The molecule has 0 aliphatic heterocycles. The summed E-state index contributed by atoms with van der Waals surface area (Å²) in [5, 5.41) is 2.34. The Morgan fingerprint density at radius 1 is 1.00 bits per heavy atom. The van der Waals surface area contributed by atoms with Crippen LogP contribution in [0.25, 0.3) is 33.3 Å². The van der Waals surface area contributed by atoms with Gasteiger partial charge in [0.2, 0.25) is 0 Å². The van der Waals surface area contributed by atoms with Gasteiger partial charge in [0.15, 0.2) is 0 Å². The average molecular weight is 319 g/mol. The highest BCUT2D eigenvalue weighted by atomic mass is 16.3. The van der Waals surface area contributed by atoms with E-state index in [4.69, 9.17) is 15.1 Å². The Morgan fingerprint density at radius 2 is 1.96 bits per heavy atom. The minimum Gasteiger partial charge on any atom is -0.464 e. The number of furan rings is 1. The van der Waals surface area contributed by atoms with Crippen LogP contribution in [0.3, 0.4) is 0 Å². The fourth-order valence-corrected chi connectivity index (χ4v) is 3.18. The van der Waals surface area contributed by atoms with Crippen LogP contribution in [0.2, 0.25) is 0 Å². The summed E-state index contributed by atoms with van der Waals surface area (Å²) in [4.78, 5) is 8.22. The Bertz CT molecular complexity index is 954. The first-order chi connectivity index (χ1) is 11.8. The molecule has 4 rings (SSSR count). The first-order valence-corrected chi connectivity index (χ1v) is 8.50. The molecule has 0 aliphatic carbocycles. The smallest absolute Gasteiger partial charge is 0.138 e. The number of aromatic nitrogens is 2. The van der Waals surface area contributed by atoms with Crippen LogP contribution < -0.4 is 5.73 Å². The third-order valence-corrected chi connectivity index (χ3v) is 4.46. The molecule has 24 heavy (non-hydrogen) atoms. The van der Waals surface area contributed by atoms with E-state index in [1.54, 1.807) is 6.26 Å². The van der Waals surface area contributed by atoms with E-state index in [0.29, 0.717) is 0 Å². The first-order valence-electron chi connectivity index (χ1n) is 8.50. The number of H-pyrrole nitrogens is 1. The lowest BCUT2D eigenvalue weighted by atomic mass is 10.1. The predicted molar refractivity (Wildman–Crippen MR) is 97.9 cm³/mol. The summed E-state index contributed by atoms with van der Waals surface area (Å²) >= 11 is 0. The normalized spacial score (nSPS) is 11.5. The van der Waals surface area contributed by atoms with E-state index in [0.717, 1.165) is 65.8 Å². The second-order valence-electron chi connectivity index (χ2n) is 6.16. The SMILES string of the molecule is NCCCCCc1ccc2c(n1)[nH]c1ccc(-c3ccco3)cc12. The van der Waals surface area contributed by atoms with Gasteiger partial charge in [-0.3, -0.25) is 0 Å². The molecule has 4 nitrogen and oxygen atoms in total. The molecular weight excluding hydrogens is 298 g/mol. The summed E-state index contributed by atoms with van der Waals surface area (Å²) in [5.74, 6) is 0.885. The lowest BCUT2D eigenvalue weighted by Crippen LogP contribution is -1.98. The summed E-state index contributed by atoms with van der Waals surface area (Å²) < 4.78 is 5.51. The largest absolute Gasteiger partial charge is 0.464 e. The molecule has 3 N–H and O–H groups in total. The molecule has 4 aromatic rings. The van der Waals surface area contributed by atoms with Gasteiger partial charge in [-0.1, -0.05) is 6.42 Å². The van der Waals surface area contributed by atoms with Crippen LogP contribution in [0, 0.1) is 0 Å². The molecule has 0 unspecified atom stereocenters. The fourth-order valence-electron chi connectivity index (χ4n) is 3.18. The molecule has 0 saturated carbocycles. The number of nitrogens with zero attached hydrogens (tertiary/aromatic N) is 1. The summed E-state index contributed by atoms with van der Waals surface area (Å²) in [6, 6.07) is 14.5. The van der Waals surface area contributed by atoms with Crippen molar-refractivity contribution < 1.29 is 4.42 Å². The monoisotopic (exact) mass is 319 g/mol. The Hall–Kier alpha value is -2.59. The number of aryl methyl sites for hydroxylation is 1. The third-order valence-electron chi connectivity index (χ3n) is 4.46. The number of fused-ring (bicyclic) bond motifs is 3. The molecule has 0 amide bonds. The number of pyridine rings is 1. The van der Waals surface area contributed by atoms with E-state index in [-0.39, 0.29) is 0 Å². The van der Waals surface area contributed by atoms with Crippen LogP contribution in [-0.4, -0.2) is 16.5 Å². The minimum absolute atomic E-state index is 0.770. The Labute approximate surface area is 140 Å². The van der Waals surface area contributed by atoms with E-state index in [9.17, 15) is 0 Å². The van der Waals surface area contributed by atoms with Gasteiger partial charge in [-0.05, 0) is 68.3 Å². The molecule has 1 aromatic carbocycles. The van der Waals surface area contributed by atoms with Gasteiger partial charge in [0.05, 0.1) is 6.26 Å². The number of benzene rings is 1. The lowest BCUT2D eigenvalue weighted by molar-refractivity contribution is 0.582. The van der Waals surface area contributed by atoms with Crippen LogP contribution >= 0.6 is 0 Å². The number of hydrogen-bond donors (Lipinski definition) is 2. The molecule has 0 bridgehead atoms. The Morgan fingerprint density at radius 3 is 2.79 bits per heavy atom. The zero-order valence-corrected chi connectivity index (χ0v) is 13.6. The maximum Gasteiger partial charge on any atom is 0.138 e. The minimum atomic E-state index is 0.770. The van der Waals surface area contributed by atoms with E-state index in [1.807, 2.05) is 12.1 Å². The van der Waals surface area contributed by atoms with Gasteiger partial charge < -0.3 is 15.1 Å². The first kappa shape index (κ1) is 15.0. The van der Waals surface area contributed by atoms with Crippen molar-refractivity contribution in [3.63, 3.8) is 0 Å². The number of hydrogen-bond acceptors (Lipinski definition) is 3. The van der Waals surface area contributed by atoms with Gasteiger partial charge in [-0.2, -0.15) is 0 Å². The number of nitrogens with two attached hydrogens (primary N) is 1. The summed E-state index contributed by atoms with van der Waals surface area (Å²) in [6.07, 6.45) is 6.09. The third kappa shape index (κ3) is 2.81. The van der Waals surface area contributed by atoms with Crippen LogP contribution in [-0.2, 0) is 6.42 Å². The Balaban J connectivity index is 1.67. The number of nitrogens with one attached hydrogen (secondary N) is 1. The van der Waals surface area contributed by atoms with E-state index in [2.05, 4.69) is 35.3 Å². The topological polar surface area (TPSA) is 67.8 Å². The number of aromatic amines is 1. The molecule has 3 aromatic heterocycles. The zero-order chi connectivity index (χ0) is 16.4. The number of unbranched alkanes of at least 4 members (excludes halogenated alkanes) is 2. The quantitative estimate of drug-likeness (QED) is 0.508. The van der Waals surface area contributed by atoms with E-state index >= 15 is 0 Å². The molecule has 0 aliphatic rings. The summed E-state index contributed by atoms with van der Waals surface area (Å²) in [6.45, 7) is 0.770. The van der Waals surface area contributed by atoms with Gasteiger partial charge in [0.25, 0.3) is 0 Å². The van der Waals surface area contributed by atoms with Gasteiger partial charge in [0.1, 0.15) is 11.4 Å². The van der Waals surface area contributed by atoms with Crippen molar-refractivity contribution in [1.82, 2.24) is 9.97 Å². The second-order valence-corrected chi connectivity index (χ2v) is 6.16. The predicted octanol–water partition coefficient (Wildman–Crippen LogP) is 4.65. The van der Waals surface area contributed by atoms with Crippen molar-refractivity contribution >= 4 is 21.9 Å². The van der Waals surface area contributed by atoms with Crippen molar-refractivity contribution in [3.8, 4) is 11.3 Å². The van der Waals surface area contributed by atoms with E-state index in [1.165, 1.54) is 5.39 Å². The van der Waals surface area contributed by atoms with E-state index < -0.39 is 0 Å². The molecule has 4 heteroatoms. The molecule has 0 atom stereocenters. The van der Waals surface area contributed by atoms with Gasteiger partial charge in [-0.15, -0.1) is 0 Å². The number of rotatable bonds is 6. The van der Waals surface area contributed by atoms with Crippen LogP contribution in [0.15, 0.2) is 53.1 Å². The van der Waals surface area contributed by atoms with Gasteiger partial charge in [0, 0.05) is 27.5 Å². The molecule has 0 spiro atoms. The maximum atomic E-state index is 5.55. The average Bonchev–Trinajstić information content (AvgIpc) is 3.25. The molecular formula is C20H21N3O. The maximum absolute atomic E-state index is 5.55. The highest BCUT2D eigenvalue weighted by Crippen LogP contribution is 2.29. The van der Waals surface area contributed by atoms with Crippen molar-refractivity contribution in [1.29, 1.82) is 0 Å². The molecule has 0 fully saturated rings. The molecule has 3 heterocycles. The molecule has 0 saturated heterocycles. The molecule has 0 radical (unpaired) electrons. The van der Waals surface area contributed by atoms with Gasteiger partial charge >= 0.3 is 0 Å².